The van der Waals surface area contributed by atoms with Crippen LogP contribution in [0.3, 0.4) is 0 Å². The lowest BCUT2D eigenvalue weighted by Gasteiger charge is -1.94. The van der Waals surface area contributed by atoms with Crippen LogP contribution in [-0.4, -0.2) is 20.3 Å². The zero-order valence-electron chi connectivity index (χ0n) is 13.0. The van der Waals surface area contributed by atoms with E-state index >= 15 is 0 Å². The molecule has 0 spiro atoms. The van der Waals surface area contributed by atoms with Gasteiger partial charge in [-0.1, -0.05) is 46.2 Å². The van der Waals surface area contributed by atoms with Crippen LogP contribution in [-0.2, 0) is 12.8 Å². The average Bonchev–Trinajstić information content (AvgIpc) is 3.34. The third-order valence-corrected chi connectivity index (χ3v) is 4.41. The second kappa shape index (κ2) is 6.37. The summed E-state index contributed by atoms with van der Waals surface area (Å²) in [4.78, 5) is 9.79. The van der Waals surface area contributed by atoms with Crippen LogP contribution < -0.4 is 0 Å². The Balaban J connectivity index is 1.42. The predicted molar refractivity (Wildman–Crippen MR) is 89.5 cm³/mol. The van der Waals surface area contributed by atoms with E-state index in [1.165, 1.54) is 5.56 Å². The van der Waals surface area contributed by atoms with E-state index in [1.54, 1.807) is 11.3 Å². The van der Waals surface area contributed by atoms with Crippen molar-refractivity contribution in [1.82, 2.24) is 20.3 Å². The number of hydrogen-bond acceptors (Lipinski definition) is 7. The number of aromatic nitrogens is 4. The van der Waals surface area contributed by atoms with Crippen molar-refractivity contribution in [1.29, 1.82) is 0 Å². The molecule has 0 saturated heterocycles. The molecule has 0 amide bonds. The molecular weight excluding hydrogens is 324 g/mol. The number of rotatable bonds is 5. The first-order valence-corrected chi connectivity index (χ1v) is 8.42. The van der Waals surface area contributed by atoms with Crippen LogP contribution in [0.5, 0.6) is 0 Å². The molecule has 0 unspecified atom stereocenters. The van der Waals surface area contributed by atoms with Crippen molar-refractivity contribution in [2.24, 2.45) is 0 Å². The average molecular weight is 338 g/mol. The van der Waals surface area contributed by atoms with E-state index in [1.807, 2.05) is 48.7 Å². The maximum atomic E-state index is 5.30. The van der Waals surface area contributed by atoms with Gasteiger partial charge in [-0.05, 0) is 18.4 Å². The summed E-state index contributed by atoms with van der Waals surface area (Å²) in [6.07, 6.45) is 1.12. The number of aryl methyl sites for hydroxylation is 3. The van der Waals surface area contributed by atoms with Gasteiger partial charge in [-0.2, -0.15) is 9.97 Å². The van der Waals surface area contributed by atoms with Crippen molar-refractivity contribution in [2.75, 3.05) is 0 Å². The van der Waals surface area contributed by atoms with Crippen LogP contribution in [0.25, 0.3) is 22.1 Å². The Bertz CT molecular complexity index is 926. The predicted octanol–water partition coefficient (Wildman–Crippen LogP) is 3.94. The minimum Gasteiger partial charge on any atom is -0.339 e. The van der Waals surface area contributed by atoms with Crippen molar-refractivity contribution in [3.8, 4) is 22.1 Å². The van der Waals surface area contributed by atoms with Gasteiger partial charge in [0, 0.05) is 18.4 Å². The van der Waals surface area contributed by atoms with Gasteiger partial charge in [0.25, 0.3) is 0 Å². The van der Waals surface area contributed by atoms with Gasteiger partial charge < -0.3 is 9.05 Å². The summed E-state index contributed by atoms with van der Waals surface area (Å²) in [6.45, 7) is 2.04. The summed E-state index contributed by atoms with van der Waals surface area (Å²) in [6, 6.07) is 11.9. The molecule has 120 valence electrons. The van der Waals surface area contributed by atoms with Crippen LogP contribution in [0.4, 0.5) is 0 Å². The van der Waals surface area contributed by atoms with E-state index in [0.717, 1.165) is 10.4 Å². The van der Waals surface area contributed by atoms with Crippen molar-refractivity contribution >= 4 is 11.3 Å². The largest absolute Gasteiger partial charge is 0.339 e. The minimum absolute atomic E-state index is 0.557. The lowest BCUT2D eigenvalue weighted by Crippen LogP contribution is -1.92. The van der Waals surface area contributed by atoms with E-state index in [9.17, 15) is 0 Å². The minimum atomic E-state index is 0.557. The lowest BCUT2D eigenvalue weighted by atomic mass is 10.1. The summed E-state index contributed by atoms with van der Waals surface area (Å²) in [5, 5.41) is 10.00. The number of thiophene rings is 1. The van der Waals surface area contributed by atoms with Gasteiger partial charge in [-0.15, -0.1) is 11.3 Å². The Morgan fingerprint density at radius 1 is 0.875 bits per heavy atom. The van der Waals surface area contributed by atoms with Gasteiger partial charge in [0.1, 0.15) is 0 Å². The molecule has 0 aliphatic carbocycles. The second-order valence-corrected chi connectivity index (χ2v) is 6.31. The van der Waals surface area contributed by atoms with E-state index in [-0.39, 0.29) is 0 Å². The van der Waals surface area contributed by atoms with Crippen LogP contribution in [0.2, 0.25) is 0 Å². The highest BCUT2D eigenvalue weighted by Gasteiger charge is 2.13. The fourth-order valence-corrected chi connectivity index (χ4v) is 2.90. The molecule has 0 N–H and O–H groups in total. The molecule has 0 bridgehead atoms. The van der Waals surface area contributed by atoms with Gasteiger partial charge in [-0.3, -0.25) is 0 Å². The summed E-state index contributed by atoms with van der Waals surface area (Å²) in [5.74, 6) is 2.33. The molecule has 0 fully saturated rings. The molecule has 4 rings (SSSR count). The zero-order valence-corrected chi connectivity index (χ0v) is 13.8. The van der Waals surface area contributed by atoms with E-state index < -0.39 is 0 Å². The molecule has 0 aliphatic heterocycles. The smallest absolute Gasteiger partial charge is 0.227 e. The summed E-state index contributed by atoms with van der Waals surface area (Å²) < 4.78 is 10.6. The standard InChI is InChI=1S/C17H14N4O2S/c1-11-4-6-12(7-5-11)16-18-14(22-20-16)8-9-15-19-17(21-23-15)13-3-2-10-24-13/h2-7,10H,8-9H2,1H3. The van der Waals surface area contributed by atoms with Gasteiger partial charge >= 0.3 is 0 Å². The molecule has 0 radical (unpaired) electrons. The van der Waals surface area contributed by atoms with Gasteiger partial charge in [0.2, 0.25) is 23.4 Å². The molecule has 0 atom stereocenters. The molecular formula is C17H14N4O2S. The molecule has 0 saturated carbocycles. The van der Waals surface area contributed by atoms with Crippen molar-refractivity contribution < 1.29 is 9.05 Å². The second-order valence-electron chi connectivity index (χ2n) is 5.37. The molecule has 7 heteroatoms. The normalized spacial score (nSPS) is 11.0. The molecule has 3 heterocycles. The highest BCUT2D eigenvalue weighted by molar-refractivity contribution is 7.13. The van der Waals surface area contributed by atoms with E-state index in [0.29, 0.717) is 36.3 Å². The quantitative estimate of drug-likeness (QED) is 0.548. The van der Waals surface area contributed by atoms with Crippen LogP contribution in [0.1, 0.15) is 17.3 Å². The van der Waals surface area contributed by atoms with Crippen LogP contribution >= 0.6 is 11.3 Å². The Kier molecular flexibility index (Phi) is 3.92. The summed E-state index contributed by atoms with van der Waals surface area (Å²) in [5.41, 5.74) is 2.13. The maximum absolute atomic E-state index is 5.30. The maximum Gasteiger partial charge on any atom is 0.227 e. The molecule has 0 aliphatic rings. The first kappa shape index (κ1) is 14.8. The first-order valence-electron chi connectivity index (χ1n) is 7.54. The monoisotopic (exact) mass is 338 g/mol. The Labute approximate surface area is 142 Å². The third-order valence-electron chi connectivity index (χ3n) is 3.54. The molecule has 4 aromatic rings. The van der Waals surface area contributed by atoms with E-state index in [4.69, 9.17) is 9.05 Å². The first-order chi connectivity index (χ1) is 11.8. The lowest BCUT2D eigenvalue weighted by molar-refractivity contribution is 0.354. The van der Waals surface area contributed by atoms with Crippen LogP contribution in [0, 0.1) is 6.92 Å². The third kappa shape index (κ3) is 3.11. The number of hydrogen-bond donors (Lipinski definition) is 0. The Morgan fingerprint density at radius 2 is 1.54 bits per heavy atom. The van der Waals surface area contributed by atoms with Crippen molar-refractivity contribution in [3.05, 3.63) is 59.1 Å². The fourth-order valence-electron chi connectivity index (χ4n) is 2.25. The number of benzene rings is 1. The Morgan fingerprint density at radius 3 is 2.21 bits per heavy atom. The molecule has 1 aromatic carbocycles. The molecule has 3 aromatic heterocycles. The molecule has 6 nitrogen and oxygen atoms in total. The summed E-state index contributed by atoms with van der Waals surface area (Å²) >= 11 is 1.58. The Hall–Kier alpha value is -2.80. The number of nitrogens with zero attached hydrogens (tertiary/aromatic N) is 4. The SMILES string of the molecule is Cc1ccc(-c2noc(CCc3nc(-c4cccs4)no3)n2)cc1. The van der Waals surface area contributed by atoms with Crippen molar-refractivity contribution in [2.45, 2.75) is 19.8 Å². The van der Waals surface area contributed by atoms with Crippen molar-refractivity contribution in [3.63, 3.8) is 0 Å². The van der Waals surface area contributed by atoms with Gasteiger partial charge in [-0.25, -0.2) is 0 Å². The topological polar surface area (TPSA) is 77.8 Å². The fraction of sp³-hybridized carbons (Fsp3) is 0.176. The van der Waals surface area contributed by atoms with Crippen LogP contribution in [0.15, 0.2) is 50.8 Å². The summed E-state index contributed by atoms with van der Waals surface area (Å²) in [7, 11) is 0. The molecule has 24 heavy (non-hydrogen) atoms. The van der Waals surface area contributed by atoms with Gasteiger partial charge in [0.05, 0.1) is 4.88 Å². The van der Waals surface area contributed by atoms with E-state index in [2.05, 4.69) is 20.3 Å². The highest BCUT2D eigenvalue weighted by atomic mass is 32.1. The zero-order chi connectivity index (χ0) is 16.4. The van der Waals surface area contributed by atoms with Gasteiger partial charge in [0.15, 0.2) is 0 Å². The highest BCUT2D eigenvalue weighted by Crippen LogP contribution is 2.22.